The molecule has 3 aliphatic rings. The van der Waals surface area contributed by atoms with E-state index in [0.29, 0.717) is 34.0 Å². The molecule has 1 aromatic carbocycles. The molecule has 4 atom stereocenters. The van der Waals surface area contributed by atoms with Crippen LogP contribution in [0, 0.1) is 5.92 Å². The zero-order valence-corrected chi connectivity index (χ0v) is 13.6. The molecule has 1 aromatic rings. The minimum absolute atomic E-state index is 0.0570. The lowest BCUT2D eigenvalue weighted by Crippen LogP contribution is -2.55. The van der Waals surface area contributed by atoms with Gasteiger partial charge in [-0.3, -0.25) is 4.90 Å². The highest BCUT2D eigenvalue weighted by Crippen LogP contribution is 2.35. The molecular weight excluding hydrogens is 304 g/mol. The van der Waals surface area contributed by atoms with Crippen LogP contribution in [0.3, 0.4) is 0 Å². The Hall–Kier alpha value is -1.46. The number of benzene rings is 1. The summed E-state index contributed by atoms with van der Waals surface area (Å²) in [5.41, 5.74) is 6.45. The summed E-state index contributed by atoms with van der Waals surface area (Å²) < 4.78 is 11.0. The summed E-state index contributed by atoms with van der Waals surface area (Å²) in [4.78, 5) is 14.9. The average Bonchev–Trinajstić information content (AvgIpc) is 2.50. The number of nitrogens with two attached hydrogens (primary N) is 1. The molecule has 120 valence electrons. The van der Waals surface area contributed by atoms with E-state index in [-0.39, 0.29) is 6.10 Å². The van der Waals surface area contributed by atoms with Crippen LogP contribution in [0.5, 0.6) is 5.75 Å². The van der Waals surface area contributed by atoms with Gasteiger partial charge in [0.1, 0.15) is 17.4 Å². The van der Waals surface area contributed by atoms with Gasteiger partial charge in [-0.2, -0.15) is 0 Å². The number of halogens is 1. The van der Waals surface area contributed by atoms with E-state index in [4.69, 9.17) is 26.8 Å². The van der Waals surface area contributed by atoms with Gasteiger partial charge in [0.05, 0.1) is 17.8 Å². The summed E-state index contributed by atoms with van der Waals surface area (Å²) in [6.45, 7) is 4.13. The molecule has 4 unspecified atom stereocenters. The number of piperidine rings is 3. The van der Waals surface area contributed by atoms with Crippen LogP contribution in [0.2, 0.25) is 5.02 Å². The first-order chi connectivity index (χ1) is 10.5. The van der Waals surface area contributed by atoms with Gasteiger partial charge in [0.2, 0.25) is 0 Å². The summed E-state index contributed by atoms with van der Waals surface area (Å²) >= 11 is 6.02. The molecule has 0 aromatic heterocycles. The molecule has 0 saturated carbocycles. The molecule has 3 saturated heterocycles. The highest BCUT2D eigenvalue weighted by atomic mass is 35.5. The second-order valence-electron chi connectivity index (χ2n) is 6.15. The minimum Gasteiger partial charge on any atom is -0.496 e. The first kappa shape index (κ1) is 15.4. The van der Waals surface area contributed by atoms with Crippen LogP contribution in [0.1, 0.15) is 30.1 Å². The van der Waals surface area contributed by atoms with Gasteiger partial charge in [0.15, 0.2) is 0 Å². The second kappa shape index (κ2) is 5.97. The second-order valence-corrected chi connectivity index (χ2v) is 6.55. The standard InChI is InChI=1S/C16H21ClN2O3/c1-9-5-10-3-4-19(9)8-15(10)22-16(20)11-6-12(17)13(18)7-14(11)21-2/h6-7,9-10,15H,3-5,8,18H2,1-2H3. The van der Waals surface area contributed by atoms with Gasteiger partial charge in [-0.1, -0.05) is 11.6 Å². The Labute approximate surface area is 135 Å². The van der Waals surface area contributed by atoms with Crippen molar-refractivity contribution in [3.63, 3.8) is 0 Å². The highest BCUT2D eigenvalue weighted by Gasteiger charge is 2.40. The van der Waals surface area contributed by atoms with Crippen molar-refractivity contribution in [3.8, 4) is 5.75 Å². The molecule has 2 bridgehead atoms. The Morgan fingerprint density at radius 3 is 2.82 bits per heavy atom. The molecule has 22 heavy (non-hydrogen) atoms. The van der Waals surface area contributed by atoms with E-state index < -0.39 is 5.97 Å². The quantitative estimate of drug-likeness (QED) is 0.684. The maximum Gasteiger partial charge on any atom is 0.342 e. The Morgan fingerprint density at radius 2 is 2.23 bits per heavy atom. The molecule has 3 heterocycles. The van der Waals surface area contributed by atoms with Gasteiger partial charge in [-0.05, 0) is 38.3 Å². The third kappa shape index (κ3) is 2.75. The largest absolute Gasteiger partial charge is 0.496 e. The first-order valence-corrected chi connectivity index (χ1v) is 7.95. The zero-order chi connectivity index (χ0) is 15.9. The molecule has 2 N–H and O–H groups in total. The molecule has 0 spiro atoms. The predicted octanol–water partition coefficient (Wildman–Crippen LogP) is 2.57. The van der Waals surface area contributed by atoms with E-state index in [1.165, 1.54) is 13.2 Å². The summed E-state index contributed by atoms with van der Waals surface area (Å²) in [6.07, 6.45) is 2.11. The number of carbonyl (C=O) groups excluding carboxylic acids is 1. The third-order valence-corrected chi connectivity index (χ3v) is 5.12. The number of esters is 1. The van der Waals surface area contributed by atoms with Crippen LogP contribution in [-0.4, -0.2) is 43.2 Å². The number of rotatable bonds is 3. The maximum atomic E-state index is 12.5. The van der Waals surface area contributed by atoms with Crippen LogP contribution in [0.15, 0.2) is 12.1 Å². The van der Waals surface area contributed by atoms with Gasteiger partial charge in [0.25, 0.3) is 0 Å². The van der Waals surface area contributed by atoms with E-state index >= 15 is 0 Å². The summed E-state index contributed by atoms with van der Waals surface area (Å²) in [5, 5.41) is 0.329. The molecule has 0 radical (unpaired) electrons. The Morgan fingerprint density at radius 1 is 1.45 bits per heavy atom. The number of hydrogen-bond acceptors (Lipinski definition) is 5. The number of anilines is 1. The van der Waals surface area contributed by atoms with Gasteiger partial charge in [-0.15, -0.1) is 0 Å². The van der Waals surface area contributed by atoms with E-state index in [2.05, 4.69) is 11.8 Å². The van der Waals surface area contributed by atoms with E-state index in [1.807, 2.05) is 0 Å². The van der Waals surface area contributed by atoms with Crippen molar-refractivity contribution in [1.82, 2.24) is 4.90 Å². The van der Waals surface area contributed by atoms with Crippen molar-refractivity contribution in [2.45, 2.75) is 31.9 Å². The van der Waals surface area contributed by atoms with Crippen LogP contribution < -0.4 is 10.5 Å². The molecular formula is C16H21ClN2O3. The van der Waals surface area contributed by atoms with E-state index in [0.717, 1.165) is 25.9 Å². The van der Waals surface area contributed by atoms with E-state index in [1.54, 1.807) is 6.07 Å². The Kier molecular flexibility index (Phi) is 4.19. The van der Waals surface area contributed by atoms with Gasteiger partial charge < -0.3 is 15.2 Å². The zero-order valence-electron chi connectivity index (χ0n) is 12.8. The number of carbonyl (C=O) groups is 1. The number of nitrogens with zero attached hydrogens (tertiary/aromatic N) is 1. The van der Waals surface area contributed by atoms with Gasteiger partial charge in [-0.25, -0.2) is 4.79 Å². The Bertz CT molecular complexity index is 593. The molecule has 0 aliphatic carbocycles. The molecule has 6 heteroatoms. The fourth-order valence-electron chi connectivity index (χ4n) is 3.48. The van der Waals surface area contributed by atoms with Crippen LogP contribution in [0.25, 0.3) is 0 Å². The summed E-state index contributed by atoms with van der Waals surface area (Å²) in [5.74, 6) is 0.436. The Balaban J connectivity index is 1.77. The SMILES string of the molecule is COc1cc(N)c(Cl)cc1C(=O)OC1CN2CCC1CC2C. The maximum absolute atomic E-state index is 12.5. The fourth-order valence-corrected chi connectivity index (χ4v) is 3.64. The van der Waals surface area contributed by atoms with Crippen LogP contribution in [0.4, 0.5) is 5.69 Å². The lowest BCUT2D eigenvalue weighted by Gasteiger charge is -2.48. The first-order valence-electron chi connectivity index (χ1n) is 7.57. The fraction of sp³-hybridized carbons (Fsp3) is 0.562. The van der Waals surface area contributed by atoms with Crippen molar-refractivity contribution >= 4 is 23.3 Å². The van der Waals surface area contributed by atoms with Gasteiger partial charge >= 0.3 is 5.97 Å². The molecule has 3 fully saturated rings. The molecule has 5 nitrogen and oxygen atoms in total. The summed E-state index contributed by atoms with van der Waals surface area (Å²) in [7, 11) is 1.50. The van der Waals surface area contributed by atoms with Crippen molar-refractivity contribution in [1.29, 1.82) is 0 Å². The number of fused-ring (bicyclic) bond motifs is 3. The number of ether oxygens (including phenoxy) is 2. The molecule has 4 rings (SSSR count). The van der Waals surface area contributed by atoms with Gasteiger partial charge in [0, 0.05) is 18.7 Å². The molecule has 3 aliphatic heterocycles. The molecule has 0 amide bonds. The van der Waals surface area contributed by atoms with Crippen LogP contribution >= 0.6 is 11.6 Å². The lowest BCUT2D eigenvalue weighted by atomic mass is 9.82. The van der Waals surface area contributed by atoms with Crippen LogP contribution in [-0.2, 0) is 4.74 Å². The van der Waals surface area contributed by atoms with Crippen molar-refractivity contribution in [2.24, 2.45) is 5.92 Å². The lowest BCUT2D eigenvalue weighted by molar-refractivity contribution is -0.0650. The number of nitrogen functional groups attached to an aromatic ring is 1. The topological polar surface area (TPSA) is 64.8 Å². The van der Waals surface area contributed by atoms with Crippen molar-refractivity contribution < 1.29 is 14.3 Å². The average molecular weight is 325 g/mol. The van der Waals surface area contributed by atoms with Crippen molar-refractivity contribution in [2.75, 3.05) is 25.9 Å². The predicted molar refractivity (Wildman–Crippen MR) is 85.4 cm³/mol. The smallest absolute Gasteiger partial charge is 0.342 e. The normalized spacial score (nSPS) is 30.1. The number of methoxy groups -OCH3 is 1. The van der Waals surface area contributed by atoms with E-state index in [9.17, 15) is 4.79 Å². The highest BCUT2D eigenvalue weighted by molar-refractivity contribution is 6.33. The van der Waals surface area contributed by atoms with Crippen molar-refractivity contribution in [3.05, 3.63) is 22.7 Å². The monoisotopic (exact) mass is 324 g/mol. The third-order valence-electron chi connectivity index (χ3n) is 4.79. The minimum atomic E-state index is -0.398. The summed E-state index contributed by atoms with van der Waals surface area (Å²) in [6, 6.07) is 3.65. The number of hydrogen-bond donors (Lipinski definition) is 1.